The molecule has 0 saturated carbocycles. The molecular weight excluding hydrogens is 250 g/mol. The largest absolute Gasteiger partial charge is 0.389 e. The fourth-order valence-corrected chi connectivity index (χ4v) is 1.95. The lowest BCUT2D eigenvalue weighted by Crippen LogP contribution is -2.37. The Morgan fingerprint density at radius 1 is 1.33 bits per heavy atom. The number of aliphatic hydroxyl groups is 1. The second-order valence-corrected chi connectivity index (χ2v) is 6.00. The van der Waals surface area contributed by atoms with Crippen LogP contribution in [0.5, 0.6) is 0 Å². The summed E-state index contributed by atoms with van der Waals surface area (Å²) >= 11 is 6.14. The standard InChI is InChI=1S/C13H22ClN3O/c1-8(2)11-15-10(14)9(3)12(16-11)17(6)7-13(4,5)18/h8,18H,7H2,1-6H3. The van der Waals surface area contributed by atoms with Crippen LogP contribution in [0.1, 0.15) is 45.0 Å². The minimum atomic E-state index is -0.781. The Bertz CT molecular complexity index is 427. The quantitative estimate of drug-likeness (QED) is 0.856. The third-order valence-corrected chi connectivity index (χ3v) is 2.95. The maximum atomic E-state index is 9.87. The molecule has 1 heterocycles. The minimum absolute atomic E-state index is 0.220. The number of hydrogen-bond acceptors (Lipinski definition) is 4. The Kier molecular flexibility index (Phi) is 4.56. The maximum absolute atomic E-state index is 9.87. The molecule has 18 heavy (non-hydrogen) atoms. The molecule has 0 aliphatic rings. The van der Waals surface area contributed by atoms with Crippen LogP contribution >= 0.6 is 11.6 Å². The van der Waals surface area contributed by atoms with E-state index in [1.807, 2.05) is 32.7 Å². The van der Waals surface area contributed by atoms with Gasteiger partial charge in [0.25, 0.3) is 0 Å². The molecule has 5 heteroatoms. The fourth-order valence-electron chi connectivity index (χ4n) is 1.78. The van der Waals surface area contributed by atoms with Crippen molar-refractivity contribution in [3.05, 3.63) is 16.5 Å². The highest BCUT2D eigenvalue weighted by molar-refractivity contribution is 6.30. The van der Waals surface area contributed by atoms with Gasteiger partial charge >= 0.3 is 0 Å². The normalized spacial score (nSPS) is 12.1. The van der Waals surface area contributed by atoms with Crippen LogP contribution in [0, 0.1) is 6.92 Å². The van der Waals surface area contributed by atoms with Crippen LogP contribution in [-0.4, -0.2) is 34.3 Å². The van der Waals surface area contributed by atoms with Gasteiger partial charge in [-0.3, -0.25) is 0 Å². The Morgan fingerprint density at radius 3 is 2.33 bits per heavy atom. The van der Waals surface area contributed by atoms with E-state index in [9.17, 15) is 5.11 Å². The molecule has 102 valence electrons. The second kappa shape index (κ2) is 5.41. The van der Waals surface area contributed by atoms with Gasteiger partial charge in [0, 0.05) is 25.1 Å². The van der Waals surface area contributed by atoms with Gasteiger partial charge in [0.05, 0.1) is 5.60 Å². The van der Waals surface area contributed by atoms with Crippen LogP contribution in [0.2, 0.25) is 5.15 Å². The van der Waals surface area contributed by atoms with Gasteiger partial charge in [0.2, 0.25) is 0 Å². The van der Waals surface area contributed by atoms with E-state index in [0.717, 1.165) is 17.2 Å². The molecule has 0 spiro atoms. The average molecular weight is 272 g/mol. The Hall–Kier alpha value is -0.870. The lowest BCUT2D eigenvalue weighted by atomic mass is 10.1. The third-order valence-electron chi connectivity index (χ3n) is 2.58. The smallest absolute Gasteiger partial charge is 0.137 e. The van der Waals surface area contributed by atoms with Gasteiger partial charge in [0.15, 0.2) is 0 Å². The van der Waals surface area contributed by atoms with Crippen molar-refractivity contribution in [1.82, 2.24) is 9.97 Å². The molecule has 0 amide bonds. The zero-order chi connectivity index (χ0) is 14.1. The highest BCUT2D eigenvalue weighted by Crippen LogP contribution is 2.25. The molecule has 0 unspecified atom stereocenters. The Morgan fingerprint density at radius 2 is 1.89 bits per heavy atom. The van der Waals surface area contributed by atoms with E-state index in [1.165, 1.54) is 0 Å². The first-order chi connectivity index (χ1) is 8.11. The number of hydrogen-bond donors (Lipinski definition) is 1. The molecule has 0 aromatic carbocycles. The predicted octanol–water partition coefficient (Wildman–Crippen LogP) is 2.77. The Labute approximate surface area is 114 Å². The summed E-state index contributed by atoms with van der Waals surface area (Å²) in [6, 6.07) is 0. The molecule has 0 saturated heterocycles. The van der Waals surface area contributed by atoms with Gasteiger partial charge in [-0.15, -0.1) is 0 Å². The summed E-state index contributed by atoms with van der Waals surface area (Å²) < 4.78 is 0. The molecule has 1 aromatic heterocycles. The fraction of sp³-hybridized carbons (Fsp3) is 0.692. The molecule has 1 aromatic rings. The van der Waals surface area contributed by atoms with E-state index in [4.69, 9.17) is 11.6 Å². The number of likely N-dealkylation sites (N-methyl/N-ethyl adjacent to an activating group) is 1. The maximum Gasteiger partial charge on any atom is 0.137 e. The van der Waals surface area contributed by atoms with Crippen molar-refractivity contribution < 1.29 is 5.11 Å². The van der Waals surface area contributed by atoms with Crippen LogP contribution in [0.25, 0.3) is 0 Å². The summed E-state index contributed by atoms with van der Waals surface area (Å²) in [6.45, 7) is 9.97. The first-order valence-electron chi connectivity index (χ1n) is 6.09. The summed E-state index contributed by atoms with van der Waals surface area (Å²) in [5, 5.41) is 10.3. The number of aromatic nitrogens is 2. The van der Waals surface area contributed by atoms with Crippen LogP contribution < -0.4 is 4.90 Å². The predicted molar refractivity (Wildman–Crippen MR) is 75.4 cm³/mol. The van der Waals surface area contributed by atoms with Crippen molar-refractivity contribution >= 4 is 17.4 Å². The molecule has 0 aliphatic heterocycles. The zero-order valence-corrected chi connectivity index (χ0v) is 12.7. The van der Waals surface area contributed by atoms with Gasteiger partial charge in [-0.1, -0.05) is 25.4 Å². The van der Waals surface area contributed by atoms with Crippen LogP contribution in [-0.2, 0) is 0 Å². The van der Waals surface area contributed by atoms with E-state index in [-0.39, 0.29) is 5.92 Å². The molecule has 4 nitrogen and oxygen atoms in total. The van der Waals surface area contributed by atoms with Crippen LogP contribution in [0.15, 0.2) is 0 Å². The lowest BCUT2D eigenvalue weighted by molar-refractivity contribution is 0.0884. The molecule has 0 aliphatic carbocycles. The van der Waals surface area contributed by atoms with Crippen molar-refractivity contribution in [2.75, 3.05) is 18.5 Å². The highest BCUT2D eigenvalue weighted by atomic mass is 35.5. The summed E-state index contributed by atoms with van der Waals surface area (Å²) in [7, 11) is 1.90. The van der Waals surface area contributed by atoms with Crippen molar-refractivity contribution in [3.8, 4) is 0 Å². The minimum Gasteiger partial charge on any atom is -0.389 e. The molecule has 0 radical (unpaired) electrons. The first kappa shape index (κ1) is 15.2. The Balaban J connectivity index is 3.14. The van der Waals surface area contributed by atoms with Gasteiger partial charge in [-0.05, 0) is 20.8 Å². The molecule has 1 N–H and O–H groups in total. The van der Waals surface area contributed by atoms with E-state index < -0.39 is 5.60 Å². The summed E-state index contributed by atoms with van der Waals surface area (Å²) in [6.07, 6.45) is 0. The topological polar surface area (TPSA) is 49.2 Å². The number of nitrogens with zero attached hydrogens (tertiary/aromatic N) is 3. The monoisotopic (exact) mass is 271 g/mol. The molecule has 0 fully saturated rings. The number of rotatable bonds is 4. The van der Waals surface area contributed by atoms with E-state index in [1.54, 1.807) is 13.8 Å². The van der Waals surface area contributed by atoms with Gasteiger partial charge in [0.1, 0.15) is 16.8 Å². The third kappa shape index (κ3) is 3.82. The number of halogens is 1. The molecule has 0 atom stereocenters. The molecule has 0 bridgehead atoms. The molecular formula is C13H22ClN3O. The highest BCUT2D eigenvalue weighted by Gasteiger charge is 2.20. The zero-order valence-electron chi connectivity index (χ0n) is 12.0. The number of anilines is 1. The van der Waals surface area contributed by atoms with Crippen molar-refractivity contribution in [1.29, 1.82) is 0 Å². The average Bonchev–Trinajstić information content (AvgIpc) is 2.18. The summed E-state index contributed by atoms with van der Waals surface area (Å²) in [4.78, 5) is 10.7. The van der Waals surface area contributed by atoms with Crippen molar-refractivity contribution in [2.45, 2.75) is 46.1 Å². The van der Waals surface area contributed by atoms with E-state index in [0.29, 0.717) is 11.7 Å². The lowest BCUT2D eigenvalue weighted by Gasteiger charge is -2.28. The summed E-state index contributed by atoms with van der Waals surface area (Å²) in [5.74, 6) is 1.72. The molecule has 1 rings (SSSR count). The van der Waals surface area contributed by atoms with E-state index >= 15 is 0 Å². The summed E-state index contributed by atoms with van der Waals surface area (Å²) in [5.41, 5.74) is 0.0594. The van der Waals surface area contributed by atoms with Crippen LogP contribution in [0.3, 0.4) is 0 Å². The van der Waals surface area contributed by atoms with Crippen LogP contribution in [0.4, 0.5) is 5.82 Å². The van der Waals surface area contributed by atoms with E-state index in [2.05, 4.69) is 9.97 Å². The van der Waals surface area contributed by atoms with Gasteiger partial charge in [-0.2, -0.15) is 0 Å². The van der Waals surface area contributed by atoms with Crippen molar-refractivity contribution in [2.24, 2.45) is 0 Å². The SMILES string of the molecule is Cc1c(Cl)nc(C(C)C)nc1N(C)CC(C)(C)O. The second-order valence-electron chi connectivity index (χ2n) is 5.64. The van der Waals surface area contributed by atoms with Gasteiger partial charge in [-0.25, -0.2) is 9.97 Å². The first-order valence-corrected chi connectivity index (χ1v) is 6.47. The van der Waals surface area contributed by atoms with Gasteiger partial charge < -0.3 is 10.0 Å². The van der Waals surface area contributed by atoms with Crippen molar-refractivity contribution in [3.63, 3.8) is 0 Å².